The van der Waals surface area contributed by atoms with E-state index < -0.39 is 5.97 Å². The van der Waals surface area contributed by atoms with Gasteiger partial charge in [-0.2, -0.15) is 0 Å². The minimum Gasteiger partial charge on any atom is -0.380 e. The maximum Gasteiger partial charge on any atom is 0.358 e. The summed E-state index contributed by atoms with van der Waals surface area (Å²) in [6, 6.07) is 12.8. The minimum atomic E-state index is -0.592. The number of hydrogen-bond acceptors (Lipinski definition) is 4. The van der Waals surface area contributed by atoms with Crippen molar-refractivity contribution in [1.29, 1.82) is 0 Å². The molecular weight excluding hydrogens is 254 g/mol. The van der Waals surface area contributed by atoms with Crippen LogP contribution < -0.4 is 5.73 Å². The van der Waals surface area contributed by atoms with Crippen molar-refractivity contribution >= 4 is 17.9 Å². The highest BCUT2D eigenvalue weighted by Gasteiger charge is 2.00. The number of nitrogens with zero attached hydrogens (tertiary/aromatic N) is 2. The Morgan fingerprint density at radius 2 is 1.85 bits per heavy atom. The highest BCUT2D eigenvalue weighted by Crippen LogP contribution is 2.01. The van der Waals surface area contributed by atoms with E-state index in [9.17, 15) is 4.79 Å². The van der Waals surface area contributed by atoms with E-state index in [0.29, 0.717) is 5.56 Å². The Labute approximate surface area is 116 Å². The summed E-state index contributed by atoms with van der Waals surface area (Å²) < 4.78 is 0. The van der Waals surface area contributed by atoms with Gasteiger partial charge in [0.2, 0.25) is 0 Å². The molecule has 0 atom stereocenters. The van der Waals surface area contributed by atoms with Crippen molar-refractivity contribution in [2.75, 3.05) is 0 Å². The van der Waals surface area contributed by atoms with Crippen molar-refractivity contribution < 1.29 is 9.63 Å². The van der Waals surface area contributed by atoms with Crippen LogP contribution in [0, 0.1) is 0 Å². The molecule has 5 nitrogen and oxygen atoms in total. The molecule has 0 amide bonds. The van der Waals surface area contributed by atoms with E-state index in [1.807, 2.05) is 30.3 Å². The van der Waals surface area contributed by atoms with E-state index in [1.165, 1.54) is 6.08 Å². The first-order chi connectivity index (χ1) is 9.75. The van der Waals surface area contributed by atoms with E-state index in [4.69, 9.17) is 10.6 Å². The second-order valence-corrected chi connectivity index (χ2v) is 3.87. The number of benzene rings is 1. The Kier molecular flexibility index (Phi) is 4.61. The standard InChI is InChI=1S/C15H13N3O2/c16-15(13-8-10-17-11-9-13)18-20-14(19)7-6-12-4-2-1-3-5-12/h1-11H,(H2,16,18). The van der Waals surface area contributed by atoms with Gasteiger partial charge in [0.05, 0.1) is 0 Å². The normalized spacial score (nSPS) is 11.5. The first-order valence-corrected chi connectivity index (χ1v) is 5.93. The zero-order valence-electron chi connectivity index (χ0n) is 10.6. The van der Waals surface area contributed by atoms with Crippen LogP contribution in [-0.4, -0.2) is 16.8 Å². The Hall–Kier alpha value is -2.95. The molecule has 1 heterocycles. The van der Waals surface area contributed by atoms with Crippen molar-refractivity contribution in [3.05, 3.63) is 72.1 Å². The molecule has 0 radical (unpaired) electrons. The molecule has 0 bridgehead atoms. The maximum absolute atomic E-state index is 11.5. The zero-order chi connectivity index (χ0) is 14.2. The fraction of sp³-hybridized carbons (Fsp3) is 0. The predicted octanol–water partition coefficient (Wildman–Crippen LogP) is 1.96. The summed E-state index contributed by atoms with van der Waals surface area (Å²) in [4.78, 5) is 20.0. The molecule has 0 aliphatic rings. The predicted molar refractivity (Wildman–Crippen MR) is 76.5 cm³/mol. The Morgan fingerprint density at radius 1 is 1.15 bits per heavy atom. The van der Waals surface area contributed by atoms with Crippen LogP contribution >= 0.6 is 0 Å². The third-order valence-corrected chi connectivity index (χ3v) is 2.42. The van der Waals surface area contributed by atoms with Crippen molar-refractivity contribution in [2.24, 2.45) is 10.9 Å². The summed E-state index contributed by atoms with van der Waals surface area (Å²) in [7, 11) is 0. The SMILES string of the molecule is NC(=NOC(=O)C=Cc1ccccc1)c1ccncc1. The zero-order valence-corrected chi connectivity index (χ0v) is 10.6. The van der Waals surface area contributed by atoms with Crippen molar-refractivity contribution in [1.82, 2.24) is 4.98 Å². The van der Waals surface area contributed by atoms with Gasteiger partial charge in [0.25, 0.3) is 0 Å². The van der Waals surface area contributed by atoms with Crippen LogP contribution in [0.4, 0.5) is 0 Å². The maximum atomic E-state index is 11.5. The number of pyridine rings is 1. The van der Waals surface area contributed by atoms with Crippen LogP contribution in [0.25, 0.3) is 6.08 Å². The number of nitrogens with two attached hydrogens (primary N) is 1. The molecule has 2 rings (SSSR count). The molecule has 0 spiro atoms. The van der Waals surface area contributed by atoms with Gasteiger partial charge in [0, 0.05) is 24.0 Å². The van der Waals surface area contributed by atoms with Crippen molar-refractivity contribution in [3.63, 3.8) is 0 Å². The molecule has 2 N–H and O–H groups in total. The molecule has 0 unspecified atom stereocenters. The summed E-state index contributed by atoms with van der Waals surface area (Å²) in [5.41, 5.74) is 7.21. The summed E-state index contributed by atoms with van der Waals surface area (Å²) in [5.74, 6) is -0.472. The van der Waals surface area contributed by atoms with Crippen molar-refractivity contribution in [2.45, 2.75) is 0 Å². The van der Waals surface area contributed by atoms with Crippen molar-refractivity contribution in [3.8, 4) is 0 Å². The molecule has 20 heavy (non-hydrogen) atoms. The van der Waals surface area contributed by atoms with E-state index in [1.54, 1.807) is 30.6 Å². The molecule has 0 saturated heterocycles. The molecule has 0 aliphatic heterocycles. The number of aromatic nitrogens is 1. The lowest BCUT2D eigenvalue weighted by molar-refractivity contribution is -0.137. The topological polar surface area (TPSA) is 77.6 Å². The summed E-state index contributed by atoms with van der Waals surface area (Å²) >= 11 is 0. The lowest BCUT2D eigenvalue weighted by atomic mass is 10.2. The van der Waals surface area contributed by atoms with Gasteiger partial charge in [-0.25, -0.2) is 4.79 Å². The quantitative estimate of drug-likeness (QED) is 0.302. The number of carbonyl (C=O) groups is 1. The van der Waals surface area contributed by atoms with E-state index >= 15 is 0 Å². The van der Waals surface area contributed by atoms with Crippen LogP contribution in [0.1, 0.15) is 11.1 Å². The fourth-order valence-electron chi connectivity index (χ4n) is 1.43. The summed E-state index contributed by atoms with van der Waals surface area (Å²) in [5, 5.41) is 3.57. The third kappa shape index (κ3) is 4.06. The average molecular weight is 267 g/mol. The van der Waals surface area contributed by atoms with Crippen LogP contribution in [0.3, 0.4) is 0 Å². The first kappa shape index (κ1) is 13.5. The van der Waals surface area contributed by atoms with Gasteiger partial charge in [-0.1, -0.05) is 35.5 Å². The Balaban J connectivity index is 1.94. The van der Waals surface area contributed by atoms with E-state index in [2.05, 4.69) is 10.1 Å². The van der Waals surface area contributed by atoms with Crippen LogP contribution in [-0.2, 0) is 9.63 Å². The fourth-order valence-corrected chi connectivity index (χ4v) is 1.43. The van der Waals surface area contributed by atoms with Gasteiger partial charge in [-0.15, -0.1) is 0 Å². The second-order valence-electron chi connectivity index (χ2n) is 3.87. The molecule has 100 valence electrons. The summed E-state index contributed by atoms with van der Waals surface area (Å²) in [6.45, 7) is 0. The highest BCUT2D eigenvalue weighted by atomic mass is 16.7. The number of oxime groups is 1. The molecule has 2 aromatic rings. The van der Waals surface area contributed by atoms with Crippen LogP contribution in [0.2, 0.25) is 0 Å². The van der Waals surface area contributed by atoms with Crippen LogP contribution in [0.15, 0.2) is 66.1 Å². The number of rotatable bonds is 4. The number of carbonyl (C=O) groups excluding carboxylic acids is 1. The van der Waals surface area contributed by atoms with Gasteiger partial charge < -0.3 is 10.6 Å². The Bertz CT molecular complexity index is 622. The minimum absolute atomic E-state index is 0.119. The summed E-state index contributed by atoms with van der Waals surface area (Å²) in [6.07, 6.45) is 6.09. The average Bonchev–Trinajstić information content (AvgIpc) is 2.52. The van der Waals surface area contributed by atoms with Crippen LogP contribution in [0.5, 0.6) is 0 Å². The largest absolute Gasteiger partial charge is 0.380 e. The smallest absolute Gasteiger partial charge is 0.358 e. The van der Waals surface area contributed by atoms with E-state index in [0.717, 1.165) is 5.56 Å². The molecule has 1 aromatic carbocycles. The molecule has 1 aromatic heterocycles. The molecule has 0 saturated carbocycles. The number of hydrogen-bond donors (Lipinski definition) is 1. The monoisotopic (exact) mass is 267 g/mol. The lowest BCUT2D eigenvalue weighted by Gasteiger charge is -1.98. The number of amidine groups is 1. The molecule has 0 fully saturated rings. The van der Waals surface area contributed by atoms with Gasteiger partial charge in [0.1, 0.15) is 0 Å². The Morgan fingerprint density at radius 3 is 2.55 bits per heavy atom. The van der Waals surface area contributed by atoms with Gasteiger partial charge in [-0.3, -0.25) is 4.98 Å². The first-order valence-electron chi connectivity index (χ1n) is 5.93. The second kappa shape index (κ2) is 6.84. The lowest BCUT2D eigenvalue weighted by Crippen LogP contribution is -2.14. The van der Waals surface area contributed by atoms with E-state index in [-0.39, 0.29) is 5.84 Å². The van der Waals surface area contributed by atoms with Gasteiger partial charge in [-0.05, 0) is 23.8 Å². The third-order valence-electron chi connectivity index (χ3n) is 2.42. The molecule has 0 aliphatic carbocycles. The molecule has 5 heteroatoms. The van der Waals surface area contributed by atoms with Gasteiger partial charge in [0.15, 0.2) is 5.84 Å². The molecular formula is C15H13N3O2. The van der Waals surface area contributed by atoms with Gasteiger partial charge >= 0.3 is 5.97 Å². The highest BCUT2D eigenvalue weighted by molar-refractivity contribution is 5.97.